The van der Waals surface area contributed by atoms with Gasteiger partial charge >= 0.3 is 0 Å². The molecule has 2 atom stereocenters. The molecule has 1 aliphatic rings. The molecule has 3 aromatic rings. The summed E-state index contributed by atoms with van der Waals surface area (Å²) in [6.07, 6.45) is 0.533. The smallest absolute Gasteiger partial charge is 0.240 e. The van der Waals surface area contributed by atoms with Gasteiger partial charge in [-0.3, -0.25) is 4.79 Å². The second-order valence-corrected chi connectivity index (χ2v) is 6.89. The van der Waals surface area contributed by atoms with E-state index in [9.17, 15) is 4.79 Å². The van der Waals surface area contributed by atoms with Gasteiger partial charge in [-0.1, -0.05) is 60.7 Å². The van der Waals surface area contributed by atoms with E-state index < -0.39 is 6.04 Å². The summed E-state index contributed by atoms with van der Waals surface area (Å²) in [6, 6.07) is 19.1. The Labute approximate surface area is 158 Å². The number of fused-ring (bicyclic) bond motifs is 1. The highest BCUT2D eigenvalue weighted by molar-refractivity contribution is 5.82. The Hall–Kier alpha value is -2.99. The van der Waals surface area contributed by atoms with Crippen molar-refractivity contribution >= 4 is 5.91 Å². The Kier molecular flexibility index (Phi) is 4.73. The molecule has 4 rings (SSSR count). The summed E-state index contributed by atoms with van der Waals surface area (Å²) in [5.41, 5.74) is 8.27. The summed E-state index contributed by atoms with van der Waals surface area (Å²) in [7, 11) is 0. The van der Waals surface area contributed by atoms with Crippen molar-refractivity contribution < 1.29 is 4.79 Å². The predicted molar refractivity (Wildman–Crippen MR) is 104 cm³/mol. The number of hydrogen-bond donors (Lipinski definition) is 1. The van der Waals surface area contributed by atoms with E-state index >= 15 is 0 Å². The zero-order valence-corrected chi connectivity index (χ0v) is 15.3. The van der Waals surface area contributed by atoms with E-state index in [1.807, 2.05) is 77.2 Å². The van der Waals surface area contributed by atoms with Gasteiger partial charge in [0.2, 0.25) is 5.91 Å². The van der Waals surface area contributed by atoms with Crippen LogP contribution in [0.1, 0.15) is 24.4 Å². The van der Waals surface area contributed by atoms with E-state index in [0.717, 1.165) is 17.0 Å². The van der Waals surface area contributed by atoms with Crippen molar-refractivity contribution in [2.75, 3.05) is 6.54 Å². The standard InChI is InChI=1S/C21H23N5O/c1-15-20-23-19(17-10-6-3-7-11-17)24-26(20)13-12-25(15)21(27)18(22)14-16-8-4-2-5-9-16/h2-11,15,18H,12-14,22H2,1H3/t15-,18+/m0/s1. The monoisotopic (exact) mass is 361 g/mol. The highest BCUT2D eigenvalue weighted by atomic mass is 16.2. The lowest BCUT2D eigenvalue weighted by Crippen LogP contribution is -2.49. The summed E-state index contributed by atoms with van der Waals surface area (Å²) >= 11 is 0. The molecular weight excluding hydrogens is 338 g/mol. The van der Waals surface area contributed by atoms with Crippen molar-refractivity contribution in [1.29, 1.82) is 0 Å². The van der Waals surface area contributed by atoms with E-state index in [-0.39, 0.29) is 11.9 Å². The van der Waals surface area contributed by atoms with Gasteiger partial charge in [-0.2, -0.15) is 5.10 Å². The van der Waals surface area contributed by atoms with Gasteiger partial charge in [0.25, 0.3) is 0 Å². The van der Waals surface area contributed by atoms with Crippen LogP contribution in [0.15, 0.2) is 60.7 Å². The third kappa shape index (κ3) is 3.48. The number of aromatic nitrogens is 3. The molecule has 27 heavy (non-hydrogen) atoms. The van der Waals surface area contributed by atoms with Crippen LogP contribution in [0, 0.1) is 0 Å². The molecule has 1 amide bonds. The van der Waals surface area contributed by atoms with Gasteiger partial charge in [-0.05, 0) is 18.9 Å². The Morgan fingerprint density at radius 2 is 1.78 bits per heavy atom. The number of amides is 1. The summed E-state index contributed by atoms with van der Waals surface area (Å²) in [6.45, 7) is 3.21. The molecule has 1 aromatic heterocycles. The summed E-state index contributed by atoms with van der Waals surface area (Å²) in [5, 5.41) is 4.61. The predicted octanol–water partition coefficient (Wildman–Crippen LogP) is 2.42. The van der Waals surface area contributed by atoms with Crippen molar-refractivity contribution in [1.82, 2.24) is 19.7 Å². The quantitative estimate of drug-likeness (QED) is 0.774. The second-order valence-electron chi connectivity index (χ2n) is 6.89. The van der Waals surface area contributed by atoms with E-state index in [4.69, 9.17) is 10.7 Å². The topological polar surface area (TPSA) is 77.0 Å². The lowest BCUT2D eigenvalue weighted by atomic mass is 10.0. The molecular formula is C21H23N5O. The van der Waals surface area contributed by atoms with Gasteiger partial charge in [0.05, 0.1) is 18.6 Å². The minimum Gasteiger partial charge on any atom is -0.330 e. The first-order valence-electron chi connectivity index (χ1n) is 9.23. The molecule has 0 unspecified atom stereocenters. The molecule has 6 nitrogen and oxygen atoms in total. The molecule has 2 aromatic carbocycles. The van der Waals surface area contributed by atoms with Crippen molar-refractivity contribution in [2.24, 2.45) is 5.73 Å². The molecule has 0 bridgehead atoms. The Morgan fingerprint density at radius 3 is 2.48 bits per heavy atom. The Morgan fingerprint density at radius 1 is 1.11 bits per heavy atom. The highest BCUT2D eigenvalue weighted by Crippen LogP contribution is 2.26. The van der Waals surface area contributed by atoms with Gasteiger partial charge < -0.3 is 10.6 Å². The van der Waals surface area contributed by atoms with Crippen LogP contribution in [0.25, 0.3) is 11.4 Å². The van der Waals surface area contributed by atoms with E-state index in [1.165, 1.54) is 0 Å². The van der Waals surface area contributed by atoms with Crippen LogP contribution in [-0.2, 0) is 17.8 Å². The van der Waals surface area contributed by atoms with Crippen molar-refractivity contribution in [3.63, 3.8) is 0 Å². The third-order valence-electron chi connectivity index (χ3n) is 5.02. The van der Waals surface area contributed by atoms with Gasteiger partial charge in [0, 0.05) is 12.1 Å². The Bertz CT molecular complexity index is 922. The fourth-order valence-corrected chi connectivity index (χ4v) is 3.54. The molecule has 2 N–H and O–H groups in total. The minimum absolute atomic E-state index is 0.0399. The van der Waals surface area contributed by atoms with E-state index in [0.29, 0.717) is 25.3 Å². The zero-order valence-electron chi connectivity index (χ0n) is 15.3. The largest absolute Gasteiger partial charge is 0.330 e. The number of hydrogen-bond acceptors (Lipinski definition) is 4. The molecule has 0 saturated carbocycles. The maximum atomic E-state index is 12.9. The lowest BCUT2D eigenvalue weighted by Gasteiger charge is -2.34. The molecule has 0 aliphatic carbocycles. The first-order chi connectivity index (χ1) is 13.1. The van der Waals surface area contributed by atoms with Gasteiger partial charge in [0.15, 0.2) is 5.82 Å². The van der Waals surface area contributed by atoms with Gasteiger partial charge in [-0.15, -0.1) is 0 Å². The van der Waals surface area contributed by atoms with Crippen LogP contribution in [0.2, 0.25) is 0 Å². The van der Waals surface area contributed by atoms with Crippen molar-refractivity contribution in [2.45, 2.75) is 32.0 Å². The van der Waals surface area contributed by atoms with Crippen LogP contribution in [-0.4, -0.2) is 38.2 Å². The van der Waals surface area contributed by atoms with Crippen molar-refractivity contribution in [3.05, 3.63) is 72.1 Å². The average molecular weight is 361 g/mol. The van der Waals surface area contributed by atoms with Crippen LogP contribution in [0.5, 0.6) is 0 Å². The number of benzene rings is 2. The summed E-state index contributed by atoms with van der Waals surface area (Å²) in [4.78, 5) is 19.5. The molecule has 6 heteroatoms. The Balaban J connectivity index is 1.52. The molecule has 1 aliphatic heterocycles. The highest BCUT2D eigenvalue weighted by Gasteiger charge is 2.33. The molecule has 0 fully saturated rings. The number of rotatable bonds is 4. The van der Waals surface area contributed by atoms with E-state index in [1.54, 1.807) is 0 Å². The number of nitrogens with zero attached hydrogens (tertiary/aromatic N) is 4. The zero-order chi connectivity index (χ0) is 18.8. The van der Waals surface area contributed by atoms with Crippen LogP contribution in [0.4, 0.5) is 0 Å². The first-order valence-corrected chi connectivity index (χ1v) is 9.23. The molecule has 0 saturated heterocycles. The summed E-state index contributed by atoms with van der Waals surface area (Å²) in [5.74, 6) is 1.46. The van der Waals surface area contributed by atoms with Crippen molar-refractivity contribution in [3.8, 4) is 11.4 Å². The van der Waals surface area contributed by atoms with Crippen LogP contribution >= 0.6 is 0 Å². The lowest BCUT2D eigenvalue weighted by molar-refractivity contribution is -0.136. The number of carbonyl (C=O) groups excluding carboxylic acids is 1. The summed E-state index contributed by atoms with van der Waals surface area (Å²) < 4.78 is 1.90. The minimum atomic E-state index is -0.557. The maximum absolute atomic E-state index is 12.9. The number of carbonyl (C=O) groups is 1. The normalized spacial score (nSPS) is 17.4. The second kappa shape index (κ2) is 7.32. The third-order valence-corrected chi connectivity index (χ3v) is 5.02. The maximum Gasteiger partial charge on any atom is 0.240 e. The molecule has 2 heterocycles. The molecule has 138 valence electrons. The molecule has 0 spiro atoms. The van der Waals surface area contributed by atoms with Crippen LogP contribution < -0.4 is 5.73 Å². The number of nitrogens with two attached hydrogens (primary N) is 1. The van der Waals surface area contributed by atoms with Gasteiger partial charge in [-0.25, -0.2) is 9.67 Å². The van der Waals surface area contributed by atoms with E-state index in [2.05, 4.69) is 5.10 Å². The SMILES string of the molecule is C[C@H]1c2nc(-c3ccccc3)nn2CCN1C(=O)[C@H](N)Cc1ccccc1. The van der Waals surface area contributed by atoms with Crippen LogP contribution in [0.3, 0.4) is 0 Å². The fraction of sp³-hybridized carbons (Fsp3) is 0.286. The molecule has 0 radical (unpaired) electrons. The average Bonchev–Trinajstić information content (AvgIpc) is 3.14. The van der Waals surface area contributed by atoms with Gasteiger partial charge in [0.1, 0.15) is 5.82 Å². The first kappa shape index (κ1) is 17.4. The fourth-order valence-electron chi connectivity index (χ4n) is 3.54.